The highest BCUT2D eigenvalue weighted by atomic mass is 16.6. The number of H-pyrrole nitrogens is 2. The molecular formula is C35H42N6O2. The Labute approximate surface area is 253 Å². The van der Waals surface area contributed by atoms with Gasteiger partial charge in [-0.25, -0.2) is 14.8 Å². The summed E-state index contributed by atoms with van der Waals surface area (Å²) < 4.78 is 5.62. The van der Waals surface area contributed by atoms with Gasteiger partial charge in [-0.1, -0.05) is 74.5 Å². The molecule has 0 aliphatic rings. The lowest BCUT2D eigenvalue weighted by Gasteiger charge is -2.26. The minimum absolute atomic E-state index is 0.329. The number of hydrogen-bond donors (Lipinski definition) is 3. The second-order valence-corrected chi connectivity index (χ2v) is 11.8. The number of ether oxygens (including phenoxy) is 1. The van der Waals surface area contributed by atoms with Crippen molar-refractivity contribution in [1.82, 2.24) is 30.2 Å². The van der Waals surface area contributed by atoms with Gasteiger partial charge in [-0.2, -0.15) is 0 Å². The number of imidazole rings is 2. The highest BCUT2D eigenvalue weighted by molar-refractivity contribution is 6.04. The molecule has 1 amide bonds. The molecule has 43 heavy (non-hydrogen) atoms. The predicted molar refractivity (Wildman–Crippen MR) is 173 cm³/mol. The molecule has 0 bridgehead atoms. The van der Waals surface area contributed by atoms with Crippen LogP contribution in [-0.4, -0.2) is 49.6 Å². The van der Waals surface area contributed by atoms with E-state index >= 15 is 0 Å². The Morgan fingerprint density at radius 3 is 2.14 bits per heavy atom. The standard InChI is InChI=1S/C35H42N6O2/c1-6-18-36-22-32-37-20-30(39-32)25-14-12-24(13-15-25)26-16-17-29(28-11-9-8-10-27(26)28)31-21-38-33(40-31)23-41(19-7-2)34(42)43-35(3,4)5/h8-17,20-21,36H,6-7,18-19,22-23H2,1-5H3,(H,37,39)(H,38,40). The fraction of sp³-hybridized carbons (Fsp3) is 0.343. The van der Waals surface area contributed by atoms with Crippen LogP contribution in [0.2, 0.25) is 0 Å². The highest BCUT2D eigenvalue weighted by Gasteiger charge is 2.23. The number of aromatic amines is 2. The summed E-state index contributed by atoms with van der Waals surface area (Å²) in [4.78, 5) is 30.5. The fourth-order valence-corrected chi connectivity index (χ4v) is 5.19. The van der Waals surface area contributed by atoms with Crippen molar-refractivity contribution in [3.63, 3.8) is 0 Å². The number of carbonyl (C=O) groups is 1. The molecule has 224 valence electrons. The first-order valence-electron chi connectivity index (χ1n) is 15.1. The smallest absolute Gasteiger partial charge is 0.410 e. The van der Waals surface area contributed by atoms with Gasteiger partial charge in [-0.15, -0.1) is 0 Å². The van der Waals surface area contributed by atoms with Crippen LogP contribution < -0.4 is 5.32 Å². The third-order valence-electron chi connectivity index (χ3n) is 7.18. The van der Waals surface area contributed by atoms with E-state index in [-0.39, 0.29) is 6.09 Å². The van der Waals surface area contributed by atoms with Crippen LogP contribution in [0, 0.1) is 0 Å². The van der Waals surface area contributed by atoms with Gasteiger partial charge in [0.05, 0.1) is 36.9 Å². The van der Waals surface area contributed by atoms with Crippen LogP contribution >= 0.6 is 0 Å². The molecule has 2 aromatic heterocycles. The number of aromatic nitrogens is 4. The molecule has 0 spiro atoms. The normalized spacial score (nSPS) is 11.7. The first-order valence-corrected chi connectivity index (χ1v) is 15.1. The lowest BCUT2D eigenvalue weighted by Crippen LogP contribution is -2.37. The Morgan fingerprint density at radius 1 is 0.814 bits per heavy atom. The zero-order valence-electron chi connectivity index (χ0n) is 25.8. The van der Waals surface area contributed by atoms with Crippen LogP contribution in [-0.2, 0) is 17.8 Å². The van der Waals surface area contributed by atoms with Crippen molar-refractivity contribution in [2.45, 2.75) is 66.2 Å². The van der Waals surface area contributed by atoms with Crippen molar-refractivity contribution in [3.8, 4) is 33.6 Å². The number of carbonyl (C=O) groups excluding carboxylic acids is 1. The first-order chi connectivity index (χ1) is 20.8. The highest BCUT2D eigenvalue weighted by Crippen LogP contribution is 2.35. The van der Waals surface area contributed by atoms with Crippen LogP contribution in [0.25, 0.3) is 44.4 Å². The Bertz CT molecular complexity index is 1660. The fourth-order valence-electron chi connectivity index (χ4n) is 5.19. The van der Waals surface area contributed by atoms with Crippen LogP contribution in [0.3, 0.4) is 0 Å². The van der Waals surface area contributed by atoms with Crippen LogP contribution in [0.5, 0.6) is 0 Å². The van der Waals surface area contributed by atoms with Crippen LogP contribution in [0.1, 0.15) is 59.1 Å². The van der Waals surface area contributed by atoms with E-state index in [1.807, 2.05) is 40.1 Å². The van der Waals surface area contributed by atoms with E-state index < -0.39 is 5.60 Å². The SMILES string of the molecule is CCCNCc1ncc(-c2ccc(-c3ccc(-c4cnc(CN(CCC)C(=O)OC(C)(C)C)[nH]4)c4ccccc34)cc2)[nH]1. The van der Waals surface area contributed by atoms with E-state index in [1.54, 1.807) is 4.90 Å². The molecule has 0 aliphatic carbocycles. The maximum Gasteiger partial charge on any atom is 0.410 e. The van der Waals surface area contributed by atoms with E-state index in [2.05, 4.69) is 92.8 Å². The molecule has 3 N–H and O–H groups in total. The molecule has 0 aliphatic heterocycles. The second kappa shape index (κ2) is 13.3. The van der Waals surface area contributed by atoms with Gasteiger partial charge in [0.2, 0.25) is 0 Å². The number of amides is 1. The third kappa shape index (κ3) is 7.32. The summed E-state index contributed by atoms with van der Waals surface area (Å²) >= 11 is 0. The van der Waals surface area contributed by atoms with Gasteiger partial charge in [0, 0.05) is 12.1 Å². The van der Waals surface area contributed by atoms with Gasteiger partial charge in [-0.3, -0.25) is 0 Å². The first kappa shape index (κ1) is 30.0. The molecule has 0 saturated heterocycles. The van der Waals surface area contributed by atoms with E-state index in [0.29, 0.717) is 13.1 Å². The molecule has 2 heterocycles. The van der Waals surface area contributed by atoms with E-state index in [0.717, 1.165) is 76.4 Å². The lowest BCUT2D eigenvalue weighted by molar-refractivity contribution is 0.0229. The summed E-state index contributed by atoms with van der Waals surface area (Å²) in [5, 5.41) is 5.68. The van der Waals surface area contributed by atoms with Gasteiger partial charge in [-0.05, 0) is 67.6 Å². The van der Waals surface area contributed by atoms with Gasteiger partial charge in [0.1, 0.15) is 17.2 Å². The minimum Gasteiger partial charge on any atom is -0.444 e. The van der Waals surface area contributed by atoms with Gasteiger partial charge in [0.25, 0.3) is 0 Å². The summed E-state index contributed by atoms with van der Waals surface area (Å²) in [7, 11) is 0. The zero-order chi connectivity index (χ0) is 30.4. The average molecular weight is 579 g/mol. The zero-order valence-corrected chi connectivity index (χ0v) is 25.8. The number of fused-ring (bicyclic) bond motifs is 1. The van der Waals surface area contributed by atoms with Crippen molar-refractivity contribution in [1.29, 1.82) is 0 Å². The van der Waals surface area contributed by atoms with Crippen molar-refractivity contribution in [2.24, 2.45) is 0 Å². The summed E-state index contributed by atoms with van der Waals surface area (Å²) in [5.41, 5.74) is 5.86. The Kier molecular flexibility index (Phi) is 9.26. The molecule has 0 saturated carbocycles. The number of hydrogen-bond acceptors (Lipinski definition) is 5. The van der Waals surface area contributed by atoms with Crippen molar-refractivity contribution in [3.05, 3.63) is 84.7 Å². The topological polar surface area (TPSA) is 98.9 Å². The van der Waals surface area contributed by atoms with Crippen molar-refractivity contribution in [2.75, 3.05) is 13.1 Å². The second-order valence-electron chi connectivity index (χ2n) is 11.8. The Balaban J connectivity index is 1.38. The van der Waals surface area contributed by atoms with Gasteiger partial charge >= 0.3 is 6.09 Å². The monoisotopic (exact) mass is 578 g/mol. The summed E-state index contributed by atoms with van der Waals surface area (Å²) in [6.07, 6.45) is 5.35. The Morgan fingerprint density at radius 2 is 1.44 bits per heavy atom. The van der Waals surface area contributed by atoms with Gasteiger partial charge in [0.15, 0.2) is 0 Å². The number of nitrogens with zero attached hydrogens (tertiary/aromatic N) is 3. The summed E-state index contributed by atoms with van der Waals surface area (Å²) in [5.74, 6) is 1.67. The van der Waals surface area contributed by atoms with Crippen LogP contribution in [0.4, 0.5) is 4.79 Å². The molecule has 5 rings (SSSR count). The molecule has 0 atom stereocenters. The molecule has 0 fully saturated rings. The maximum absolute atomic E-state index is 12.8. The van der Waals surface area contributed by atoms with E-state index in [1.165, 1.54) is 5.56 Å². The third-order valence-corrected chi connectivity index (χ3v) is 7.18. The largest absolute Gasteiger partial charge is 0.444 e. The maximum atomic E-state index is 12.8. The molecule has 0 unspecified atom stereocenters. The Hall–Kier alpha value is -4.43. The molecule has 5 aromatic rings. The average Bonchev–Trinajstić information content (AvgIpc) is 3.66. The molecular weight excluding hydrogens is 536 g/mol. The predicted octanol–water partition coefficient (Wildman–Crippen LogP) is 7.93. The van der Waals surface area contributed by atoms with Gasteiger partial charge < -0.3 is 24.9 Å². The lowest BCUT2D eigenvalue weighted by atomic mass is 9.93. The summed E-state index contributed by atoms with van der Waals surface area (Å²) in [6, 6.07) is 21.4. The van der Waals surface area contributed by atoms with E-state index in [4.69, 9.17) is 4.74 Å². The minimum atomic E-state index is -0.549. The number of rotatable bonds is 11. The molecule has 0 radical (unpaired) electrons. The van der Waals surface area contributed by atoms with Crippen molar-refractivity contribution < 1.29 is 9.53 Å². The molecule has 3 aromatic carbocycles. The number of benzene rings is 3. The van der Waals surface area contributed by atoms with Crippen LogP contribution in [0.15, 0.2) is 73.1 Å². The summed E-state index contributed by atoms with van der Waals surface area (Å²) in [6.45, 7) is 12.5. The quantitative estimate of drug-likeness (QED) is 0.138. The van der Waals surface area contributed by atoms with E-state index in [9.17, 15) is 4.79 Å². The molecule has 8 heteroatoms. The molecule has 8 nitrogen and oxygen atoms in total. The number of nitrogens with one attached hydrogen (secondary N) is 3. The van der Waals surface area contributed by atoms with Crippen molar-refractivity contribution >= 4 is 16.9 Å².